The molecule has 0 spiro atoms. The van der Waals surface area contributed by atoms with Gasteiger partial charge in [-0.3, -0.25) is 14.7 Å². The van der Waals surface area contributed by atoms with Gasteiger partial charge in [-0.2, -0.15) is 5.10 Å². The van der Waals surface area contributed by atoms with Gasteiger partial charge in [0, 0.05) is 47.1 Å². The van der Waals surface area contributed by atoms with Gasteiger partial charge in [-0.15, -0.1) is 0 Å². The molecule has 2 aromatic heterocycles. The van der Waals surface area contributed by atoms with Gasteiger partial charge in [0.15, 0.2) is 17.5 Å². The van der Waals surface area contributed by atoms with Crippen molar-refractivity contribution < 1.29 is 27.9 Å². The minimum Gasteiger partial charge on any atom is -0.332 e. The lowest BCUT2D eigenvalue weighted by Gasteiger charge is -2.26. The van der Waals surface area contributed by atoms with E-state index < -0.39 is 17.5 Å². The molecule has 0 aliphatic carbocycles. The van der Waals surface area contributed by atoms with Gasteiger partial charge in [0.05, 0.1) is 23.3 Å². The van der Waals surface area contributed by atoms with Crippen molar-refractivity contribution in [2.75, 3.05) is 6.54 Å². The zero-order valence-electron chi connectivity index (χ0n) is 17.0. The Hall–Kier alpha value is -3.88. The lowest BCUT2D eigenvalue weighted by molar-refractivity contribution is -0.884. The number of rotatable bonds is 2. The average molecular weight is 439 g/mol. The van der Waals surface area contributed by atoms with E-state index >= 15 is 0 Å². The van der Waals surface area contributed by atoms with E-state index in [0.717, 1.165) is 27.8 Å². The highest BCUT2D eigenvalue weighted by atomic mass is 19.2. The molecule has 0 fully saturated rings. The molecule has 0 atom stereocenters. The number of aryl methyl sites for hydroxylation is 1. The number of aromatic nitrogens is 3. The molecular weight excluding hydrogens is 421 g/mol. The summed E-state index contributed by atoms with van der Waals surface area (Å²) in [6.45, 7) is 0.629. The lowest BCUT2D eigenvalue weighted by atomic mass is 9.99. The number of fused-ring (bicyclic) bond motifs is 2. The zero-order chi connectivity index (χ0) is 22.6. The molecule has 0 saturated heterocycles. The number of amides is 1. The van der Waals surface area contributed by atoms with Crippen molar-refractivity contribution in [3.05, 3.63) is 82.9 Å². The minimum atomic E-state index is -1.51. The van der Waals surface area contributed by atoms with Gasteiger partial charge < -0.3 is 4.90 Å². The predicted octanol–water partition coefficient (Wildman–Crippen LogP) is 3.38. The molecule has 0 unspecified atom stereocenters. The molecule has 1 N–H and O–H groups in total. The largest absolute Gasteiger partial charge is 0.332 e. The Kier molecular flexibility index (Phi) is 4.61. The molecular formula is C23H18F3N4O2+. The van der Waals surface area contributed by atoms with Gasteiger partial charge in [-0.25, -0.2) is 13.2 Å². The van der Waals surface area contributed by atoms with Crippen LogP contribution in [-0.4, -0.2) is 32.3 Å². The quantitative estimate of drug-likeness (QED) is 0.296. The summed E-state index contributed by atoms with van der Waals surface area (Å²) in [7, 11) is 1.65. The van der Waals surface area contributed by atoms with E-state index in [1.54, 1.807) is 42.3 Å². The first-order chi connectivity index (χ1) is 15.3. The normalized spacial score (nSPS) is 13.4. The Labute approximate surface area is 180 Å². The smallest absolute Gasteiger partial charge is 0.264 e. The lowest BCUT2D eigenvalue weighted by Crippen LogP contribution is -2.36. The van der Waals surface area contributed by atoms with Crippen LogP contribution in [0.4, 0.5) is 13.2 Å². The summed E-state index contributed by atoms with van der Waals surface area (Å²) in [4.78, 5) is 14.8. The first kappa shape index (κ1) is 20.0. The number of nitrogens with zero attached hydrogens (tertiary/aromatic N) is 4. The molecule has 162 valence electrons. The van der Waals surface area contributed by atoms with Crippen LogP contribution in [0.15, 0.2) is 48.7 Å². The highest BCUT2D eigenvalue weighted by molar-refractivity contribution is 5.97. The Bertz CT molecular complexity index is 1380. The van der Waals surface area contributed by atoms with E-state index in [-0.39, 0.29) is 18.0 Å². The molecule has 4 aromatic rings. The van der Waals surface area contributed by atoms with Crippen molar-refractivity contribution in [1.82, 2.24) is 14.7 Å². The number of carbonyl (C=O) groups excluding carboxylic acids is 1. The van der Waals surface area contributed by atoms with Gasteiger partial charge in [0.25, 0.3) is 11.4 Å². The third-order valence-corrected chi connectivity index (χ3v) is 5.77. The molecule has 1 amide bonds. The topological polar surface area (TPSA) is 62.2 Å². The first-order valence-corrected chi connectivity index (χ1v) is 9.96. The fourth-order valence-electron chi connectivity index (χ4n) is 4.27. The summed E-state index contributed by atoms with van der Waals surface area (Å²) < 4.78 is 43.4. The molecule has 0 saturated carbocycles. The molecule has 6 nitrogen and oxygen atoms in total. The van der Waals surface area contributed by atoms with Gasteiger partial charge in [-0.1, -0.05) is 0 Å². The maximum Gasteiger partial charge on any atom is 0.264 e. The summed E-state index contributed by atoms with van der Waals surface area (Å²) in [6.07, 6.45) is 1.95. The molecule has 3 heterocycles. The molecule has 0 radical (unpaired) electrons. The average Bonchev–Trinajstić information content (AvgIpc) is 3.11. The Balaban J connectivity index is 1.46. The number of carbonyl (C=O) groups is 1. The molecule has 32 heavy (non-hydrogen) atoms. The van der Waals surface area contributed by atoms with Crippen LogP contribution in [0.1, 0.15) is 21.6 Å². The van der Waals surface area contributed by atoms with E-state index in [1.807, 2.05) is 0 Å². The molecule has 1 aliphatic heterocycles. The number of pyridine rings is 1. The first-order valence-electron chi connectivity index (χ1n) is 9.96. The Morgan fingerprint density at radius 1 is 1.12 bits per heavy atom. The predicted molar refractivity (Wildman–Crippen MR) is 108 cm³/mol. The highest BCUT2D eigenvalue weighted by Gasteiger charge is 2.28. The van der Waals surface area contributed by atoms with E-state index in [2.05, 4.69) is 5.10 Å². The number of halogens is 3. The van der Waals surface area contributed by atoms with Crippen LogP contribution >= 0.6 is 0 Å². The van der Waals surface area contributed by atoms with Gasteiger partial charge in [0.2, 0.25) is 6.20 Å². The van der Waals surface area contributed by atoms with Crippen LogP contribution in [0, 0.1) is 17.5 Å². The SMILES string of the molecule is Cn1nc2c(c1-c1cc(F)c(F)c(F)c1)CCN(C(=O)c1ccc3c(ccc[n+]3O)c1)C2. The number of hydrogen-bond acceptors (Lipinski definition) is 3. The van der Waals surface area contributed by atoms with Crippen molar-refractivity contribution in [2.45, 2.75) is 13.0 Å². The fraction of sp³-hybridized carbons (Fsp3) is 0.174. The van der Waals surface area contributed by atoms with Crippen molar-refractivity contribution in [2.24, 2.45) is 7.05 Å². The molecule has 0 bridgehead atoms. The molecule has 2 aromatic carbocycles. The second kappa shape index (κ2) is 7.37. The maximum absolute atomic E-state index is 13.8. The third kappa shape index (κ3) is 3.17. The van der Waals surface area contributed by atoms with E-state index in [4.69, 9.17) is 0 Å². The van der Waals surface area contributed by atoms with Crippen molar-refractivity contribution in [3.63, 3.8) is 0 Å². The van der Waals surface area contributed by atoms with Gasteiger partial charge in [0.1, 0.15) is 0 Å². The number of benzene rings is 2. The number of hydrogen-bond donors (Lipinski definition) is 1. The Morgan fingerprint density at radius 2 is 1.88 bits per heavy atom. The fourth-order valence-corrected chi connectivity index (χ4v) is 4.27. The summed E-state index contributed by atoms with van der Waals surface area (Å²) in [5.74, 6) is -4.22. The van der Waals surface area contributed by atoms with Gasteiger partial charge in [-0.05, 0) is 36.8 Å². The summed E-state index contributed by atoms with van der Waals surface area (Å²) in [5.41, 5.74) is 3.17. The molecule has 5 rings (SSSR count). The summed E-state index contributed by atoms with van der Waals surface area (Å²) in [6, 6.07) is 10.4. The van der Waals surface area contributed by atoms with Gasteiger partial charge >= 0.3 is 0 Å². The van der Waals surface area contributed by atoms with Crippen LogP contribution < -0.4 is 4.73 Å². The monoisotopic (exact) mass is 439 g/mol. The maximum atomic E-state index is 13.8. The van der Waals surface area contributed by atoms with Crippen LogP contribution in [0.5, 0.6) is 0 Å². The van der Waals surface area contributed by atoms with Crippen molar-refractivity contribution in [1.29, 1.82) is 0 Å². The van der Waals surface area contributed by atoms with E-state index in [9.17, 15) is 23.2 Å². The highest BCUT2D eigenvalue weighted by Crippen LogP contribution is 2.32. The van der Waals surface area contributed by atoms with Crippen LogP contribution in [-0.2, 0) is 20.0 Å². The van der Waals surface area contributed by atoms with E-state index in [0.29, 0.717) is 35.4 Å². The Morgan fingerprint density at radius 3 is 2.62 bits per heavy atom. The summed E-state index contributed by atoms with van der Waals surface area (Å²) in [5, 5.41) is 15.0. The minimum absolute atomic E-state index is 0.183. The second-order valence-corrected chi connectivity index (χ2v) is 7.75. The van der Waals surface area contributed by atoms with Crippen LogP contribution in [0.25, 0.3) is 22.2 Å². The van der Waals surface area contributed by atoms with Crippen molar-refractivity contribution in [3.8, 4) is 11.3 Å². The van der Waals surface area contributed by atoms with Crippen LogP contribution in [0.3, 0.4) is 0 Å². The van der Waals surface area contributed by atoms with Crippen molar-refractivity contribution >= 4 is 16.8 Å². The second-order valence-electron chi connectivity index (χ2n) is 7.75. The molecule has 9 heteroatoms. The zero-order valence-corrected chi connectivity index (χ0v) is 17.0. The summed E-state index contributed by atoms with van der Waals surface area (Å²) >= 11 is 0. The van der Waals surface area contributed by atoms with Crippen LogP contribution in [0.2, 0.25) is 0 Å². The standard InChI is InChI=1S/C23H18F3N4O2/c1-28-22(15-10-17(24)21(26)18(25)11-15)16-6-8-29(12-19(16)27-28)23(31)14-4-5-20-13(9-14)3-2-7-30(20)32/h2-5,7,9-11,32H,6,8,12H2,1H3/q+1. The van der Waals surface area contributed by atoms with E-state index in [1.165, 1.54) is 10.9 Å². The molecule has 1 aliphatic rings. The third-order valence-electron chi connectivity index (χ3n) is 5.77.